The van der Waals surface area contributed by atoms with Gasteiger partial charge in [0.1, 0.15) is 0 Å². The minimum absolute atomic E-state index is 0.0144. The van der Waals surface area contributed by atoms with Crippen molar-refractivity contribution in [3.05, 3.63) is 60.7 Å². The van der Waals surface area contributed by atoms with Crippen molar-refractivity contribution in [2.24, 2.45) is 5.92 Å². The van der Waals surface area contributed by atoms with Crippen LogP contribution in [0.1, 0.15) is 28.9 Å². The van der Waals surface area contributed by atoms with E-state index in [2.05, 4.69) is 24.5 Å². The van der Waals surface area contributed by atoms with Crippen molar-refractivity contribution in [1.29, 1.82) is 0 Å². The van der Waals surface area contributed by atoms with E-state index in [4.69, 9.17) is 0 Å². The molecule has 0 aromatic carbocycles. The second kappa shape index (κ2) is 7.65. The molecule has 0 N–H and O–H groups in total. The van der Waals surface area contributed by atoms with Gasteiger partial charge in [-0.05, 0) is 37.8 Å². The third kappa shape index (κ3) is 3.86. The molecule has 0 aliphatic carbocycles. The molecular weight excluding hydrogens is 340 g/mol. The maximum atomic E-state index is 13.0. The van der Waals surface area contributed by atoms with Crippen molar-refractivity contribution in [2.45, 2.75) is 26.3 Å². The van der Waals surface area contributed by atoms with E-state index < -0.39 is 0 Å². The van der Waals surface area contributed by atoms with E-state index in [0.29, 0.717) is 23.0 Å². The van der Waals surface area contributed by atoms with Gasteiger partial charge in [0.25, 0.3) is 5.91 Å². The van der Waals surface area contributed by atoms with Crippen LogP contribution in [0.5, 0.6) is 0 Å². The van der Waals surface area contributed by atoms with Gasteiger partial charge in [-0.3, -0.25) is 9.78 Å². The fourth-order valence-electron chi connectivity index (χ4n) is 3.57. The fraction of sp³-hybridized carbons (Fsp3) is 0.350. The highest BCUT2D eigenvalue weighted by Crippen LogP contribution is 2.22. The standard InChI is InChI=1S/C20H22N6O/c1-15-18(11-23-19(24-15)17-5-2-6-21-10-17)20(27)26-8-3-4-16(13-26)12-25-9-7-22-14-25/h2,5-7,9-11,14,16H,3-4,8,12-13H2,1H3. The Balaban J connectivity index is 1.48. The largest absolute Gasteiger partial charge is 0.338 e. The molecule has 1 saturated heterocycles. The van der Waals surface area contributed by atoms with E-state index in [0.717, 1.165) is 38.0 Å². The molecular formula is C20H22N6O. The van der Waals surface area contributed by atoms with Gasteiger partial charge in [-0.15, -0.1) is 0 Å². The molecule has 1 unspecified atom stereocenters. The Morgan fingerprint density at radius 1 is 1.26 bits per heavy atom. The zero-order chi connectivity index (χ0) is 18.6. The van der Waals surface area contributed by atoms with E-state index in [1.165, 1.54) is 0 Å². The van der Waals surface area contributed by atoms with Crippen molar-refractivity contribution in [3.8, 4) is 11.4 Å². The molecule has 3 aromatic rings. The van der Waals surface area contributed by atoms with Crippen molar-refractivity contribution in [2.75, 3.05) is 13.1 Å². The summed E-state index contributed by atoms with van der Waals surface area (Å²) in [6, 6.07) is 3.76. The lowest BCUT2D eigenvalue weighted by molar-refractivity contribution is 0.0660. The van der Waals surface area contributed by atoms with Gasteiger partial charge in [0, 0.05) is 56.2 Å². The quantitative estimate of drug-likeness (QED) is 0.713. The molecule has 7 nitrogen and oxygen atoms in total. The zero-order valence-electron chi connectivity index (χ0n) is 15.3. The number of imidazole rings is 1. The predicted molar refractivity (Wildman–Crippen MR) is 101 cm³/mol. The lowest BCUT2D eigenvalue weighted by atomic mass is 9.97. The first-order valence-electron chi connectivity index (χ1n) is 9.20. The maximum Gasteiger partial charge on any atom is 0.257 e. The van der Waals surface area contributed by atoms with Crippen LogP contribution in [-0.4, -0.2) is 48.4 Å². The number of amides is 1. The zero-order valence-corrected chi connectivity index (χ0v) is 15.3. The van der Waals surface area contributed by atoms with Crippen LogP contribution in [0.15, 0.2) is 49.4 Å². The van der Waals surface area contributed by atoms with Crippen molar-refractivity contribution < 1.29 is 4.79 Å². The molecule has 1 aliphatic heterocycles. The number of rotatable bonds is 4. The van der Waals surface area contributed by atoms with Gasteiger partial charge in [0.15, 0.2) is 5.82 Å². The van der Waals surface area contributed by atoms with E-state index >= 15 is 0 Å². The number of likely N-dealkylation sites (tertiary alicyclic amines) is 1. The third-order valence-electron chi connectivity index (χ3n) is 4.96. The highest BCUT2D eigenvalue weighted by atomic mass is 16.2. The summed E-state index contributed by atoms with van der Waals surface area (Å²) in [6.45, 7) is 4.28. The molecule has 0 saturated carbocycles. The Bertz CT molecular complexity index is 909. The Labute approximate surface area is 158 Å². The fourth-order valence-corrected chi connectivity index (χ4v) is 3.57. The minimum atomic E-state index is 0.0144. The van der Waals surface area contributed by atoms with Crippen LogP contribution in [0.2, 0.25) is 0 Å². The van der Waals surface area contributed by atoms with Crippen LogP contribution in [-0.2, 0) is 6.54 Å². The SMILES string of the molecule is Cc1nc(-c2cccnc2)ncc1C(=O)N1CCCC(Cn2ccnc2)C1. The van der Waals surface area contributed by atoms with Crippen molar-refractivity contribution in [3.63, 3.8) is 0 Å². The lowest BCUT2D eigenvalue weighted by Crippen LogP contribution is -2.41. The molecule has 0 spiro atoms. The van der Waals surface area contributed by atoms with Gasteiger partial charge in [-0.1, -0.05) is 0 Å². The number of pyridine rings is 1. The number of aromatic nitrogens is 5. The summed E-state index contributed by atoms with van der Waals surface area (Å²) in [5.74, 6) is 1.04. The van der Waals surface area contributed by atoms with E-state index in [1.54, 1.807) is 24.8 Å². The van der Waals surface area contributed by atoms with Crippen LogP contribution < -0.4 is 0 Å². The first-order chi connectivity index (χ1) is 13.2. The molecule has 0 bridgehead atoms. The summed E-state index contributed by atoms with van der Waals surface area (Å²) >= 11 is 0. The summed E-state index contributed by atoms with van der Waals surface area (Å²) in [5, 5.41) is 0. The summed E-state index contributed by atoms with van der Waals surface area (Å²) in [5.41, 5.74) is 2.12. The Morgan fingerprint density at radius 2 is 2.19 bits per heavy atom. The van der Waals surface area contributed by atoms with Crippen molar-refractivity contribution in [1.82, 2.24) is 29.4 Å². The first-order valence-corrected chi connectivity index (χ1v) is 9.20. The minimum Gasteiger partial charge on any atom is -0.338 e. The predicted octanol–water partition coefficient (Wildman–Crippen LogP) is 2.60. The number of carbonyl (C=O) groups excluding carboxylic acids is 1. The number of hydrogen-bond donors (Lipinski definition) is 0. The highest BCUT2D eigenvalue weighted by molar-refractivity contribution is 5.95. The summed E-state index contributed by atoms with van der Waals surface area (Å²) in [7, 11) is 0. The average molecular weight is 362 g/mol. The maximum absolute atomic E-state index is 13.0. The number of nitrogens with zero attached hydrogens (tertiary/aromatic N) is 6. The van der Waals surface area contributed by atoms with Crippen LogP contribution in [0.3, 0.4) is 0 Å². The third-order valence-corrected chi connectivity index (χ3v) is 4.96. The Morgan fingerprint density at radius 3 is 2.93 bits per heavy atom. The first kappa shape index (κ1) is 17.3. The highest BCUT2D eigenvalue weighted by Gasteiger charge is 2.26. The summed E-state index contributed by atoms with van der Waals surface area (Å²) in [6.07, 6.45) is 12.8. The number of piperidine rings is 1. The van der Waals surface area contributed by atoms with Crippen LogP contribution >= 0.6 is 0 Å². The van der Waals surface area contributed by atoms with Gasteiger partial charge in [0.2, 0.25) is 0 Å². The average Bonchev–Trinajstić information content (AvgIpc) is 3.21. The van der Waals surface area contributed by atoms with E-state index in [1.807, 2.05) is 36.5 Å². The normalized spacial score (nSPS) is 17.1. The number of carbonyl (C=O) groups is 1. The molecule has 138 valence electrons. The monoisotopic (exact) mass is 362 g/mol. The number of hydrogen-bond acceptors (Lipinski definition) is 5. The molecule has 1 fully saturated rings. The van der Waals surface area contributed by atoms with Gasteiger partial charge >= 0.3 is 0 Å². The molecule has 0 radical (unpaired) electrons. The number of aryl methyl sites for hydroxylation is 1. The Kier molecular flexibility index (Phi) is 4.91. The molecule has 1 amide bonds. The molecule has 1 atom stereocenters. The molecule has 4 heterocycles. The van der Waals surface area contributed by atoms with Gasteiger partial charge in [0.05, 0.1) is 17.6 Å². The van der Waals surface area contributed by atoms with Gasteiger partial charge in [-0.2, -0.15) is 0 Å². The summed E-state index contributed by atoms with van der Waals surface area (Å²) < 4.78 is 2.08. The van der Waals surface area contributed by atoms with Gasteiger partial charge in [-0.25, -0.2) is 15.0 Å². The van der Waals surface area contributed by atoms with Crippen LogP contribution in [0, 0.1) is 12.8 Å². The molecule has 1 aliphatic rings. The van der Waals surface area contributed by atoms with Crippen LogP contribution in [0.4, 0.5) is 0 Å². The van der Waals surface area contributed by atoms with Crippen molar-refractivity contribution >= 4 is 5.91 Å². The topological polar surface area (TPSA) is 76.8 Å². The Hall–Kier alpha value is -3.09. The molecule has 27 heavy (non-hydrogen) atoms. The van der Waals surface area contributed by atoms with E-state index in [9.17, 15) is 4.79 Å². The molecule has 7 heteroatoms. The van der Waals surface area contributed by atoms with E-state index in [-0.39, 0.29) is 5.91 Å². The smallest absolute Gasteiger partial charge is 0.257 e. The second-order valence-corrected chi connectivity index (χ2v) is 6.95. The molecule has 3 aromatic heterocycles. The lowest BCUT2D eigenvalue weighted by Gasteiger charge is -2.33. The summed E-state index contributed by atoms with van der Waals surface area (Å²) in [4.78, 5) is 32.1. The van der Waals surface area contributed by atoms with Gasteiger partial charge < -0.3 is 9.47 Å². The second-order valence-electron chi connectivity index (χ2n) is 6.95. The molecule has 4 rings (SSSR count). The van der Waals surface area contributed by atoms with Crippen LogP contribution in [0.25, 0.3) is 11.4 Å².